The molecular weight excluding hydrogens is 524 g/mol. The first-order chi connectivity index (χ1) is 21.3. The van der Waals surface area contributed by atoms with Crippen molar-refractivity contribution in [3.05, 3.63) is 155 Å². The fourth-order valence-corrected chi connectivity index (χ4v) is 8.07. The third kappa shape index (κ3) is 2.78. The van der Waals surface area contributed by atoms with E-state index in [1.807, 2.05) is 12.1 Å². The van der Waals surface area contributed by atoms with Crippen LogP contribution in [0.1, 0.15) is 35.0 Å². The lowest BCUT2D eigenvalue weighted by atomic mass is 9.70. The Labute approximate surface area is 249 Å². The van der Waals surface area contributed by atoms with Crippen molar-refractivity contribution in [3.63, 3.8) is 0 Å². The van der Waals surface area contributed by atoms with Crippen molar-refractivity contribution >= 4 is 11.0 Å². The van der Waals surface area contributed by atoms with E-state index in [9.17, 15) is 0 Å². The molecule has 3 aliphatic rings. The zero-order valence-corrected chi connectivity index (χ0v) is 23.6. The van der Waals surface area contributed by atoms with E-state index in [1.54, 1.807) is 0 Å². The Morgan fingerprint density at radius 2 is 1.19 bits per heavy atom. The van der Waals surface area contributed by atoms with Crippen molar-refractivity contribution in [1.82, 2.24) is 9.55 Å². The molecule has 1 aliphatic heterocycles. The molecule has 2 heterocycles. The first kappa shape index (κ1) is 23.2. The van der Waals surface area contributed by atoms with E-state index in [0.717, 1.165) is 40.5 Å². The third-order valence-corrected chi connectivity index (χ3v) is 9.78. The number of ether oxygens (including phenoxy) is 1. The zero-order chi connectivity index (χ0) is 28.3. The van der Waals surface area contributed by atoms with Crippen LogP contribution in [0.4, 0.5) is 0 Å². The van der Waals surface area contributed by atoms with Crippen LogP contribution in [0.3, 0.4) is 0 Å². The number of hydrogen-bond acceptors (Lipinski definition) is 2. The van der Waals surface area contributed by atoms with Gasteiger partial charge >= 0.3 is 0 Å². The molecule has 10 rings (SSSR count). The second-order valence-electron chi connectivity index (χ2n) is 11.8. The number of imidazole rings is 1. The molecule has 0 N–H and O–H groups in total. The lowest BCUT2D eigenvalue weighted by Crippen LogP contribution is -2.25. The smallest absolute Gasteiger partial charge is 0.153 e. The summed E-state index contributed by atoms with van der Waals surface area (Å²) in [5.74, 6) is 2.77. The van der Waals surface area contributed by atoms with Gasteiger partial charge in [-0.2, -0.15) is 0 Å². The summed E-state index contributed by atoms with van der Waals surface area (Å²) in [6, 6.07) is 46.7. The summed E-state index contributed by atoms with van der Waals surface area (Å²) >= 11 is 0. The number of para-hydroxylation sites is 1. The summed E-state index contributed by atoms with van der Waals surface area (Å²) in [6.45, 7) is 2.16. The Hall–Kier alpha value is -5.41. The van der Waals surface area contributed by atoms with Gasteiger partial charge in [-0.05, 0) is 86.0 Å². The predicted octanol–water partition coefficient (Wildman–Crippen LogP) is 9.70. The minimum atomic E-state index is -0.350. The molecule has 7 aromatic rings. The van der Waals surface area contributed by atoms with E-state index < -0.39 is 0 Å². The van der Waals surface area contributed by atoms with Gasteiger partial charge in [-0.3, -0.25) is 4.57 Å². The van der Waals surface area contributed by atoms with Crippen LogP contribution in [0.15, 0.2) is 127 Å². The van der Waals surface area contributed by atoms with E-state index in [2.05, 4.69) is 127 Å². The number of nitrogens with zero attached hydrogens (tertiary/aromatic N) is 2. The molecule has 0 bridgehead atoms. The van der Waals surface area contributed by atoms with E-state index in [0.29, 0.717) is 0 Å². The summed E-state index contributed by atoms with van der Waals surface area (Å²) < 4.78 is 8.70. The third-order valence-electron chi connectivity index (χ3n) is 9.78. The van der Waals surface area contributed by atoms with Crippen LogP contribution in [0, 0.1) is 0 Å². The average molecular weight is 551 g/mol. The second-order valence-corrected chi connectivity index (χ2v) is 11.8. The van der Waals surface area contributed by atoms with Crippen molar-refractivity contribution < 1.29 is 4.74 Å². The van der Waals surface area contributed by atoms with E-state index in [-0.39, 0.29) is 5.41 Å². The van der Waals surface area contributed by atoms with Crippen molar-refractivity contribution in [1.29, 1.82) is 0 Å². The monoisotopic (exact) mass is 550 g/mol. The van der Waals surface area contributed by atoms with Crippen LogP contribution in [0.5, 0.6) is 11.5 Å². The maximum Gasteiger partial charge on any atom is 0.153 e. The highest BCUT2D eigenvalue weighted by atomic mass is 16.5. The van der Waals surface area contributed by atoms with E-state index in [4.69, 9.17) is 9.72 Å². The molecule has 6 aromatic carbocycles. The Kier molecular flexibility index (Phi) is 4.37. The second kappa shape index (κ2) is 8.11. The predicted molar refractivity (Wildman–Crippen MR) is 172 cm³/mol. The minimum absolute atomic E-state index is 0.350. The van der Waals surface area contributed by atoms with Crippen molar-refractivity contribution in [2.75, 3.05) is 0 Å². The van der Waals surface area contributed by atoms with Crippen molar-refractivity contribution in [3.8, 4) is 50.6 Å². The minimum Gasteiger partial charge on any atom is -0.453 e. The van der Waals surface area contributed by atoms with Gasteiger partial charge in [0, 0.05) is 6.42 Å². The molecule has 3 heteroatoms. The average Bonchev–Trinajstić information content (AvgIpc) is 3.70. The van der Waals surface area contributed by atoms with E-state index >= 15 is 0 Å². The molecule has 2 aliphatic carbocycles. The molecule has 202 valence electrons. The van der Waals surface area contributed by atoms with Crippen molar-refractivity contribution in [2.45, 2.75) is 18.8 Å². The van der Waals surface area contributed by atoms with Crippen LogP contribution in [0.25, 0.3) is 50.1 Å². The molecule has 43 heavy (non-hydrogen) atoms. The van der Waals surface area contributed by atoms with Crippen LogP contribution in [0.2, 0.25) is 0 Å². The van der Waals surface area contributed by atoms with Gasteiger partial charge in [0.25, 0.3) is 0 Å². The number of hydrogen-bond donors (Lipinski definition) is 0. The van der Waals surface area contributed by atoms with Gasteiger partial charge < -0.3 is 4.74 Å². The number of rotatable bonds is 2. The molecule has 1 spiro atoms. The van der Waals surface area contributed by atoms with Crippen molar-refractivity contribution in [2.24, 2.45) is 0 Å². The molecule has 0 saturated carbocycles. The van der Waals surface area contributed by atoms with Crippen LogP contribution >= 0.6 is 0 Å². The number of benzene rings is 6. The molecule has 0 saturated heterocycles. The topological polar surface area (TPSA) is 27.1 Å². The van der Waals surface area contributed by atoms with Crippen LogP contribution in [-0.2, 0) is 11.8 Å². The Bertz CT molecular complexity index is 2260. The van der Waals surface area contributed by atoms with Gasteiger partial charge in [0.1, 0.15) is 11.3 Å². The maximum atomic E-state index is 6.41. The highest BCUT2D eigenvalue weighted by molar-refractivity contribution is 5.96. The number of aryl methyl sites for hydroxylation is 1. The summed E-state index contributed by atoms with van der Waals surface area (Å²) in [5.41, 5.74) is 15.8. The maximum absolute atomic E-state index is 6.41. The van der Waals surface area contributed by atoms with Gasteiger partial charge in [0.15, 0.2) is 11.5 Å². The summed E-state index contributed by atoms with van der Waals surface area (Å²) in [7, 11) is 0. The van der Waals surface area contributed by atoms with E-state index in [1.165, 1.54) is 55.6 Å². The lowest BCUT2D eigenvalue weighted by molar-refractivity contribution is 0.474. The first-order valence-electron chi connectivity index (χ1n) is 15.0. The highest BCUT2D eigenvalue weighted by Crippen LogP contribution is 2.63. The fourth-order valence-electron chi connectivity index (χ4n) is 8.07. The molecule has 0 amide bonds. The Balaban J connectivity index is 1.23. The largest absolute Gasteiger partial charge is 0.453 e. The number of aromatic nitrogens is 2. The molecule has 0 fully saturated rings. The quantitative estimate of drug-likeness (QED) is 0.214. The molecule has 0 atom stereocenters. The Morgan fingerprint density at radius 3 is 1.86 bits per heavy atom. The van der Waals surface area contributed by atoms with Gasteiger partial charge in [-0.15, -0.1) is 0 Å². The zero-order valence-electron chi connectivity index (χ0n) is 23.6. The highest BCUT2D eigenvalue weighted by Gasteiger charge is 2.51. The lowest BCUT2D eigenvalue weighted by Gasteiger charge is -2.30. The van der Waals surface area contributed by atoms with Gasteiger partial charge in [0.2, 0.25) is 0 Å². The van der Waals surface area contributed by atoms with Gasteiger partial charge in [-0.25, -0.2) is 4.98 Å². The van der Waals surface area contributed by atoms with Crippen LogP contribution < -0.4 is 4.74 Å². The molecule has 0 unspecified atom stereocenters. The normalized spacial score (nSPS) is 14.2. The first-order valence-corrected chi connectivity index (χ1v) is 15.0. The molecule has 0 radical (unpaired) electrons. The standard InChI is InChI=1S/C40H26N2O/c1-2-38-41-34-16-9-17-37-39(34)42(38)35-23-25(19-21-36(35)43-37)24-18-20-29-28-12-5-8-15-32(28)40(33(29)22-24)30-13-6-3-10-26(30)27-11-4-7-14-31(27)40/h3-23H,2H2,1H3. The van der Waals surface area contributed by atoms with Gasteiger partial charge in [0.05, 0.1) is 16.6 Å². The molecular formula is C40H26N2O. The molecule has 1 aromatic heterocycles. The Morgan fingerprint density at radius 1 is 0.581 bits per heavy atom. The fraction of sp³-hybridized carbons (Fsp3) is 0.0750. The van der Waals surface area contributed by atoms with Gasteiger partial charge in [-0.1, -0.05) is 104 Å². The van der Waals surface area contributed by atoms with Crippen LogP contribution in [-0.4, -0.2) is 9.55 Å². The summed E-state index contributed by atoms with van der Waals surface area (Å²) in [5, 5.41) is 0. The summed E-state index contributed by atoms with van der Waals surface area (Å²) in [6.07, 6.45) is 0.843. The summed E-state index contributed by atoms with van der Waals surface area (Å²) in [4.78, 5) is 4.95. The number of fused-ring (bicyclic) bond motifs is 12. The molecule has 3 nitrogen and oxygen atoms in total. The SMILES string of the molecule is CCc1nc2cccc3c2n1-c1cc(-c2ccc4c(c2)C2(c5ccccc5-c5ccccc52)c2ccccc2-4)ccc1O3.